The van der Waals surface area contributed by atoms with E-state index in [1.165, 1.54) is 0 Å². The van der Waals surface area contributed by atoms with Crippen LogP contribution < -0.4 is 5.48 Å². The van der Waals surface area contributed by atoms with Gasteiger partial charge >= 0.3 is 0 Å². The Hall–Kier alpha value is -0.0800. The molecule has 2 heteroatoms. The zero-order valence-electron chi connectivity index (χ0n) is 6.35. The molecule has 1 aliphatic heterocycles. The second kappa shape index (κ2) is 2.67. The molecule has 0 aromatic rings. The molecule has 1 rings (SSSR count). The van der Waals surface area contributed by atoms with Gasteiger partial charge < -0.3 is 0 Å². The summed E-state index contributed by atoms with van der Waals surface area (Å²) in [5.41, 5.74) is 3.01. The minimum Gasteiger partial charge on any atom is -0.298 e. The van der Waals surface area contributed by atoms with Crippen molar-refractivity contribution in [3.05, 3.63) is 0 Å². The van der Waals surface area contributed by atoms with Gasteiger partial charge in [-0.1, -0.05) is 13.8 Å². The van der Waals surface area contributed by atoms with Crippen molar-refractivity contribution < 1.29 is 4.84 Å². The molecule has 1 N–H and O–H groups in total. The molecular formula is C7H15NO. The van der Waals surface area contributed by atoms with Crippen LogP contribution in [0.4, 0.5) is 0 Å². The predicted octanol–water partition coefficient (Wildman–Crippen LogP) is 1.32. The van der Waals surface area contributed by atoms with Gasteiger partial charge in [0.1, 0.15) is 0 Å². The van der Waals surface area contributed by atoms with Crippen molar-refractivity contribution in [3.8, 4) is 0 Å². The van der Waals surface area contributed by atoms with Gasteiger partial charge in [0, 0.05) is 6.04 Å². The lowest BCUT2D eigenvalue weighted by Crippen LogP contribution is -2.25. The Bertz CT molecular complexity index is 92.9. The minimum absolute atomic E-state index is 0.400. The van der Waals surface area contributed by atoms with Gasteiger partial charge in [-0.05, 0) is 19.3 Å². The van der Waals surface area contributed by atoms with Crippen LogP contribution in [0.2, 0.25) is 0 Å². The number of rotatable bonds is 1. The first-order valence-electron chi connectivity index (χ1n) is 3.61. The van der Waals surface area contributed by atoms with Gasteiger partial charge in [-0.25, -0.2) is 0 Å². The van der Waals surface area contributed by atoms with Crippen LogP contribution >= 0.6 is 0 Å². The Morgan fingerprint density at radius 3 is 2.44 bits per heavy atom. The van der Waals surface area contributed by atoms with E-state index in [4.69, 9.17) is 4.84 Å². The third-order valence-corrected chi connectivity index (χ3v) is 1.81. The topological polar surface area (TPSA) is 21.3 Å². The van der Waals surface area contributed by atoms with E-state index in [1.54, 1.807) is 0 Å². The highest BCUT2D eigenvalue weighted by molar-refractivity contribution is 4.74. The van der Waals surface area contributed by atoms with Crippen molar-refractivity contribution in [2.45, 2.75) is 39.3 Å². The second-order valence-electron chi connectivity index (χ2n) is 3.13. The smallest absolute Gasteiger partial charge is 0.0778 e. The zero-order chi connectivity index (χ0) is 6.85. The number of hydroxylamine groups is 1. The Balaban J connectivity index is 2.30. The minimum atomic E-state index is 0.400. The fourth-order valence-electron chi connectivity index (χ4n) is 1.07. The van der Waals surface area contributed by atoms with Crippen molar-refractivity contribution in [1.82, 2.24) is 5.48 Å². The molecular weight excluding hydrogens is 114 g/mol. The summed E-state index contributed by atoms with van der Waals surface area (Å²) in [5.74, 6) is 0.690. The van der Waals surface area contributed by atoms with Crippen molar-refractivity contribution in [2.24, 2.45) is 5.92 Å². The Labute approximate surface area is 56.5 Å². The zero-order valence-corrected chi connectivity index (χ0v) is 6.35. The summed E-state index contributed by atoms with van der Waals surface area (Å²) in [4.78, 5) is 5.18. The van der Waals surface area contributed by atoms with E-state index in [0.29, 0.717) is 18.1 Å². The first-order valence-corrected chi connectivity index (χ1v) is 3.61. The molecule has 0 radical (unpaired) electrons. The molecule has 2 atom stereocenters. The van der Waals surface area contributed by atoms with Gasteiger partial charge in [0.25, 0.3) is 0 Å². The van der Waals surface area contributed by atoms with E-state index in [2.05, 4.69) is 26.3 Å². The highest BCUT2D eigenvalue weighted by Gasteiger charge is 2.23. The predicted molar refractivity (Wildman–Crippen MR) is 36.9 cm³/mol. The quantitative estimate of drug-likeness (QED) is 0.576. The Morgan fingerprint density at radius 2 is 2.22 bits per heavy atom. The van der Waals surface area contributed by atoms with Gasteiger partial charge in [-0.15, -0.1) is 0 Å². The summed E-state index contributed by atoms with van der Waals surface area (Å²) >= 11 is 0. The highest BCUT2D eigenvalue weighted by Crippen LogP contribution is 2.15. The van der Waals surface area contributed by atoms with Crippen LogP contribution in [0.15, 0.2) is 0 Å². The maximum Gasteiger partial charge on any atom is 0.0778 e. The average Bonchev–Trinajstić information content (AvgIpc) is 2.14. The molecule has 1 fully saturated rings. The first-order chi connectivity index (χ1) is 4.20. The van der Waals surface area contributed by atoms with Crippen LogP contribution in [-0.2, 0) is 4.84 Å². The summed E-state index contributed by atoms with van der Waals surface area (Å²) in [6.07, 6.45) is 1.55. The molecule has 0 aromatic carbocycles. The summed E-state index contributed by atoms with van der Waals surface area (Å²) in [6, 6.07) is 0.569. The molecule has 9 heavy (non-hydrogen) atoms. The second-order valence-corrected chi connectivity index (χ2v) is 3.13. The van der Waals surface area contributed by atoms with E-state index in [9.17, 15) is 0 Å². The van der Waals surface area contributed by atoms with E-state index in [0.717, 1.165) is 6.42 Å². The number of hydrogen-bond donors (Lipinski definition) is 1. The Morgan fingerprint density at radius 1 is 1.56 bits per heavy atom. The van der Waals surface area contributed by atoms with Crippen molar-refractivity contribution in [1.29, 1.82) is 0 Å². The maximum atomic E-state index is 5.18. The SMILES string of the molecule is CC1CC(C(C)C)NO1. The summed E-state index contributed by atoms with van der Waals surface area (Å²) in [5, 5.41) is 0. The molecule has 1 saturated heterocycles. The van der Waals surface area contributed by atoms with E-state index in [-0.39, 0.29) is 0 Å². The van der Waals surface area contributed by atoms with Crippen LogP contribution in [-0.4, -0.2) is 12.1 Å². The standard InChI is InChI=1S/C7H15NO/c1-5(2)7-4-6(3)9-8-7/h5-8H,4H2,1-3H3. The average molecular weight is 129 g/mol. The van der Waals surface area contributed by atoms with Crippen LogP contribution in [0.5, 0.6) is 0 Å². The third kappa shape index (κ3) is 1.66. The molecule has 1 aliphatic rings. The molecule has 0 aromatic heterocycles. The van der Waals surface area contributed by atoms with Crippen molar-refractivity contribution >= 4 is 0 Å². The molecule has 0 aliphatic carbocycles. The highest BCUT2D eigenvalue weighted by atomic mass is 16.7. The number of hydrogen-bond acceptors (Lipinski definition) is 2. The van der Waals surface area contributed by atoms with Gasteiger partial charge in [-0.3, -0.25) is 4.84 Å². The van der Waals surface area contributed by atoms with E-state index < -0.39 is 0 Å². The molecule has 1 heterocycles. The van der Waals surface area contributed by atoms with Gasteiger partial charge in [0.05, 0.1) is 6.10 Å². The van der Waals surface area contributed by atoms with Gasteiger partial charge in [0.2, 0.25) is 0 Å². The maximum absolute atomic E-state index is 5.18. The summed E-state index contributed by atoms with van der Waals surface area (Å²) in [7, 11) is 0. The van der Waals surface area contributed by atoms with E-state index in [1.807, 2.05) is 0 Å². The molecule has 2 unspecified atom stereocenters. The van der Waals surface area contributed by atoms with Crippen LogP contribution in [0.1, 0.15) is 27.2 Å². The van der Waals surface area contributed by atoms with Gasteiger partial charge in [0.15, 0.2) is 0 Å². The molecule has 0 saturated carbocycles. The fourth-order valence-corrected chi connectivity index (χ4v) is 1.07. The summed E-state index contributed by atoms with van der Waals surface area (Å²) < 4.78 is 0. The fraction of sp³-hybridized carbons (Fsp3) is 1.00. The molecule has 0 spiro atoms. The van der Waals surface area contributed by atoms with Gasteiger partial charge in [-0.2, -0.15) is 5.48 Å². The Kier molecular flexibility index (Phi) is 2.09. The summed E-state index contributed by atoms with van der Waals surface area (Å²) in [6.45, 7) is 6.51. The van der Waals surface area contributed by atoms with Crippen LogP contribution in [0, 0.1) is 5.92 Å². The lowest BCUT2D eigenvalue weighted by Gasteiger charge is -2.10. The third-order valence-electron chi connectivity index (χ3n) is 1.81. The van der Waals surface area contributed by atoms with Crippen LogP contribution in [0.25, 0.3) is 0 Å². The lowest BCUT2D eigenvalue weighted by molar-refractivity contribution is 0.0323. The first kappa shape index (κ1) is 7.03. The molecule has 0 amide bonds. The number of nitrogens with one attached hydrogen (secondary N) is 1. The van der Waals surface area contributed by atoms with E-state index >= 15 is 0 Å². The normalized spacial score (nSPS) is 36.0. The van der Waals surface area contributed by atoms with Crippen LogP contribution in [0.3, 0.4) is 0 Å². The lowest BCUT2D eigenvalue weighted by atomic mass is 10.0. The molecule has 2 nitrogen and oxygen atoms in total. The molecule has 0 bridgehead atoms. The largest absolute Gasteiger partial charge is 0.298 e. The van der Waals surface area contributed by atoms with Crippen molar-refractivity contribution in [3.63, 3.8) is 0 Å². The monoisotopic (exact) mass is 129 g/mol. The van der Waals surface area contributed by atoms with Crippen molar-refractivity contribution in [2.75, 3.05) is 0 Å². The molecule has 54 valence electrons.